The van der Waals surface area contributed by atoms with Gasteiger partial charge in [0.2, 0.25) is 0 Å². The largest absolute Gasteiger partial charge is 0.487 e. The highest BCUT2D eigenvalue weighted by Crippen LogP contribution is 1.83. The topological polar surface area (TPSA) is 71.7 Å². The Morgan fingerprint density at radius 1 is 1.75 bits per heavy atom. The van der Waals surface area contributed by atoms with E-state index in [1.165, 1.54) is 7.11 Å². The van der Waals surface area contributed by atoms with Gasteiger partial charge in [-0.2, -0.15) is 5.26 Å². The van der Waals surface area contributed by atoms with Crippen LogP contribution < -0.4 is 0 Å². The van der Waals surface area contributed by atoms with Crippen molar-refractivity contribution >= 4 is 12.4 Å². The Balaban J connectivity index is 3.35. The van der Waals surface area contributed by atoms with E-state index in [0.29, 0.717) is 0 Å². The molecular weight excluding hydrogens is 160 g/mol. The fraction of sp³-hybridized carbons (Fsp3) is 0.571. The first kappa shape index (κ1) is 10.4. The van der Waals surface area contributed by atoms with Crippen LogP contribution in [0.2, 0.25) is 0 Å². The molecule has 0 aliphatic heterocycles. The van der Waals surface area contributed by atoms with Gasteiger partial charge >= 0.3 is 5.97 Å². The third-order valence-corrected chi connectivity index (χ3v) is 0.877. The Labute approximate surface area is 70.6 Å². The smallest absolute Gasteiger partial charge is 0.327 e. The van der Waals surface area contributed by atoms with Crippen LogP contribution in [0.3, 0.4) is 0 Å². The number of ether oxygens (including phenoxy) is 2. The predicted octanol–water partition coefficient (Wildman–Crippen LogP) is 0.118. The lowest BCUT2D eigenvalue weighted by atomic mass is 10.5. The summed E-state index contributed by atoms with van der Waals surface area (Å²) in [5, 5.41) is 8.10. The monoisotopic (exact) mass is 170 g/mol. The molecule has 0 aromatic heterocycles. The Morgan fingerprint density at radius 2 is 2.50 bits per heavy atom. The van der Waals surface area contributed by atoms with E-state index < -0.39 is 5.97 Å². The average molecular weight is 170 g/mol. The molecule has 0 aliphatic rings. The maximum Gasteiger partial charge on any atom is 0.327 e. The van der Waals surface area contributed by atoms with E-state index in [2.05, 4.69) is 14.5 Å². The number of hydrogen-bond acceptors (Lipinski definition) is 5. The van der Waals surface area contributed by atoms with E-state index in [-0.39, 0.29) is 19.6 Å². The van der Waals surface area contributed by atoms with Crippen LogP contribution >= 0.6 is 0 Å². The molecule has 0 aromatic rings. The van der Waals surface area contributed by atoms with Gasteiger partial charge in [0.05, 0.1) is 19.6 Å². The van der Waals surface area contributed by atoms with Crippen molar-refractivity contribution < 1.29 is 14.3 Å². The molecule has 0 heterocycles. The summed E-state index contributed by atoms with van der Waals surface area (Å²) in [4.78, 5) is 14.3. The van der Waals surface area contributed by atoms with E-state index >= 15 is 0 Å². The zero-order chi connectivity index (χ0) is 9.23. The Bertz CT molecular complexity index is 195. The molecule has 0 saturated heterocycles. The molecule has 0 saturated carbocycles. The maximum atomic E-state index is 10.7. The summed E-state index contributed by atoms with van der Waals surface area (Å²) in [6.45, 7) is 0.0527. The van der Waals surface area contributed by atoms with Crippen LogP contribution in [0.25, 0.3) is 0 Å². The second-order valence-electron chi connectivity index (χ2n) is 1.81. The number of rotatable bonds is 5. The van der Waals surface area contributed by atoms with Gasteiger partial charge < -0.3 is 9.47 Å². The van der Waals surface area contributed by atoms with Crippen molar-refractivity contribution in [2.45, 2.75) is 6.42 Å². The Kier molecular flexibility index (Phi) is 6.55. The molecule has 5 heteroatoms. The van der Waals surface area contributed by atoms with Crippen molar-refractivity contribution in [2.24, 2.45) is 4.99 Å². The average Bonchev–Trinajstić information content (AvgIpc) is 2.06. The van der Waals surface area contributed by atoms with Crippen molar-refractivity contribution in [3.63, 3.8) is 0 Å². The van der Waals surface area contributed by atoms with Gasteiger partial charge in [-0.25, -0.2) is 4.99 Å². The summed E-state index contributed by atoms with van der Waals surface area (Å²) in [7, 11) is 1.44. The molecular formula is C7H10N2O3. The molecule has 0 atom stereocenters. The van der Waals surface area contributed by atoms with Gasteiger partial charge in [0.25, 0.3) is 0 Å². The molecule has 0 aliphatic carbocycles. The number of hydrogen-bond donors (Lipinski definition) is 0. The second-order valence-corrected chi connectivity index (χ2v) is 1.81. The summed E-state index contributed by atoms with van der Waals surface area (Å²) >= 11 is 0. The van der Waals surface area contributed by atoms with Gasteiger partial charge in [0.15, 0.2) is 6.40 Å². The summed E-state index contributed by atoms with van der Waals surface area (Å²) in [6, 6.07) is 1.85. The van der Waals surface area contributed by atoms with Crippen LogP contribution in [-0.4, -0.2) is 32.6 Å². The van der Waals surface area contributed by atoms with E-state index in [9.17, 15) is 4.79 Å². The van der Waals surface area contributed by atoms with E-state index in [4.69, 9.17) is 5.26 Å². The Hall–Kier alpha value is -1.57. The van der Waals surface area contributed by atoms with Crippen LogP contribution in [0.5, 0.6) is 0 Å². The van der Waals surface area contributed by atoms with Gasteiger partial charge in [0.1, 0.15) is 13.2 Å². The lowest BCUT2D eigenvalue weighted by Gasteiger charge is -1.97. The number of methoxy groups -OCH3 is 1. The summed E-state index contributed by atoms with van der Waals surface area (Å²) in [6.07, 6.45) is 1.37. The van der Waals surface area contributed by atoms with Crippen molar-refractivity contribution in [3.05, 3.63) is 0 Å². The van der Waals surface area contributed by atoms with Crippen molar-refractivity contribution in [1.29, 1.82) is 5.26 Å². The van der Waals surface area contributed by atoms with E-state index in [0.717, 1.165) is 6.40 Å². The normalized spacial score (nSPS) is 9.33. The minimum Gasteiger partial charge on any atom is -0.487 e. The first-order valence-electron chi connectivity index (χ1n) is 3.35. The molecule has 0 N–H and O–H groups in total. The highest BCUT2D eigenvalue weighted by atomic mass is 16.5. The third kappa shape index (κ3) is 6.55. The van der Waals surface area contributed by atoms with Crippen LogP contribution in [0.15, 0.2) is 4.99 Å². The lowest BCUT2D eigenvalue weighted by molar-refractivity contribution is -0.141. The number of nitriles is 1. The molecule has 0 radical (unpaired) electrons. The zero-order valence-electron chi connectivity index (χ0n) is 6.82. The number of nitrogens with zero attached hydrogens (tertiary/aromatic N) is 2. The van der Waals surface area contributed by atoms with Gasteiger partial charge in [-0.1, -0.05) is 0 Å². The predicted molar refractivity (Wildman–Crippen MR) is 41.6 cm³/mol. The second kappa shape index (κ2) is 7.54. The van der Waals surface area contributed by atoms with Gasteiger partial charge in [0, 0.05) is 0 Å². The quantitative estimate of drug-likeness (QED) is 0.254. The third-order valence-electron chi connectivity index (χ3n) is 0.877. The molecule has 12 heavy (non-hydrogen) atoms. The van der Waals surface area contributed by atoms with Gasteiger partial charge in [-0.05, 0) is 0 Å². The molecule has 0 unspecified atom stereocenters. The molecule has 66 valence electrons. The fourth-order valence-electron chi connectivity index (χ4n) is 0.442. The summed E-state index contributed by atoms with van der Waals surface area (Å²) < 4.78 is 9.06. The molecule has 0 bridgehead atoms. The molecule has 0 spiro atoms. The Morgan fingerprint density at radius 3 is 3.08 bits per heavy atom. The molecule has 0 aromatic carbocycles. The van der Waals surface area contributed by atoms with E-state index in [1.807, 2.05) is 6.07 Å². The van der Waals surface area contributed by atoms with Crippen LogP contribution in [-0.2, 0) is 14.3 Å². The number of carbonyl (C=O) groups is 1. The van der Waals surface area contributed by atoms with E-state index in [1.54, 1.807) is 0 Å². The zero-order valence-corrected chi connectivity index (χ0v) is 6.82. The highest BCUT2D eigenvalue weighted by Gasteiger charge is 1.98. The van der Waals surface area contributed by atoms with Gasteiger partial charge in [-0.15, -0.1) is 0 Å². The van der Waals surface area contributed by atoms with Gasteiger partial charge in [-0.3, -0.25) is 4.79 Å². The molecule has 0 amide bonds. The lowest BCUT2D eigenvalue weighted by Crippen LogP contribution is -2.09. The molecule has 0 rings (SSSR count). The van der Waals surface area contributed by atoms with Crippen molar-refractivity contribution in [2.75, 3.05) is 20.3 Å². The minimum absolute atomic E-state index is 0.0702. The number of aliphatic imine (C=N–C) groups is 1. The van der Waals surface area contributed by atoms with Crippen molar-refractivity contribution in [1.82, 2.24) is 0 Å². The van der Waals surface area contributed by atoms with Crippen molar-refractivity contribution in [3.8, 4) is 6.07 Å². The molecule has 0 fully saturated rings. The number of esters is 1. The summed E-state index contributed by atoms with van der Waals surface area (Å²) in [5.74, 6) is -0.460. The SMILES string of the molecule is COC=NCC(=O)OCCC#N. The van der Waals surface area contributed by atoms with Crippen LogP contribution in [0, 0.1) is 11.3 Å². The standard InChI is InChI=1S/C7H10N2O3/c1-11-6-9-5-7(10)12-4-2-3-8/h6H,2,4-5H2,1H3. The van der Waals surface area contributed by atoms with Crippen LogP contribution in [0.1, 0.15) is 6.42 Å². The first-order chi connectivity index (χ1) is 5.81. The fourth-order valence-corrected chi connectivity index (χ4v) is 0.442. The number of carbonyl (C=O) groups excluding carboxylic acids is 1. The van der Waals surface area contributed by atoms with Crippen LogP contribution in [0.4, 0.5) is 0 Å². The highest BCUT2D eigenvalue weighted by molar-refractivity contribution is 5.73. The molecule has 5 nitrogen and oxygen atoms in total. The summed E-state index contributed by atoms with van der Waals surface area (Å²) in [5.41, 5.74) is 0. The minimum atomic E-state index is -0.460. The first-order valence-corrected chi connectivity index (χ1v) is 3.35. The maximum absolute atomic E-state index is 10.7.